The van der Waals surface area contributed by atoms with Crippen LogP contribution in [0.2, 0.25) is 0 Å². The molecule has 0 atom stereocenters. The van der Waals surface area contributed by atoms with Crippen LogP contribution < -0.4 is 9.47 Å². The highest BCUT2D eigenvalue weighted by atomic mass is 16.5. The predicted molar refractivity (Wildman–Crippen MR) is 83.4 cm³/mol. The lowest BCUT2D eigenvalue weighted by atomic mass is 10.0. The molecular weight excluding hydrogens is 264 g/mol. The van der Waals surface area contributed by atoms with Crippen LogP contribution in [0.4, 0.5) is 0 Å². The van der Waals surface area contributed by atoms with Crippen LogP contribution in [0.3, 0.4) is 0 Å². The summed E-state index contributed by atoms with van der Waals surface area (Å²) in [5.41, 5.74) is 3.38. The molecule has 3 heteroatoms. The standard InChI is InChI=1S/C18H20O3/c1-13-6-8-17(12-18(13)20-3)21-16-9-7-15(5-4-10-19)14(2)11-16/h6-12H,4-5H2,1-3H3. The molecule has 0 spiro atoms. The first-order valence-electron chi connectivity index (χ1n) is 6.99. The summed E-state index contributed by atoms with van der Waals surface area (Å²) in [6.07, 6.45) is 2.27. The number of methoxy groups -OCH3 is 1. The molecule has 0 unspecified atom stereocenters. The summed E-state index contributed by atoms with van der Waals surface area (Å²) in [6, 6.07) is 11.7. The summed E-state index contributed by atoms with van der Waals surface area (Å²) in [6.45, 7) is 4.03. The van der Waals surface area contributed by atoms with Gasteiger partial charge in [0.15, 0.2) is 0 Å². The Hall–Kier alpha value is -2.29. The van der Waals surface area contributed by atoms with E-state index in [0.29, 0.717) is 6.42 Å². The first-order valence-corrected chi connectivity index (χ1v) is 6.99. The molecule has 0 N–H and O–H groups in total. The highest BCUT2D eigenvalue weighted by molar-refractivity contribution is 5.51. The second-order valence-electron chi connectivity index (χ2n) is 5.03. The number of ether oxygens (including phenoxy) is 2. The first-order chi connectivity index (χ1) is 10.1. The van der Waals surface area contributed by atoms with Crippen molar-refractivity contribution in [2.24, 2.45) is 0 Å². The minimum absolute atomic E-state index is 0.552. The Morgan fingerprint density at radius 3 is 2.38 bits per heavy atom. The molecule has 0 bridgehead atoms. The van der Waals surface area contributed by atoms with Gasteiger partial charge in [0.25, 0.3) is 0 Å². The summed E-state index contributed by atoms with van der Waals surface area (Å²) in [5, 5.41) is 0. The van der Waals surface area contributed by atoms with Gasteiger partial charge in [0.1, 0.15) is 23.5 Å². The van der Waals surface area contributed by atoms with Crippen LogP contribution in [0, 0.1) is 13.8 Å². The minimum Gasteiger partial charge on any atom is -0.496 e. The molecule has 0 aliphatic heterocycles. The number of aldehydes is 1. The average molecular weight is 284 g/mol. The van der Waals surface area contributed by atoms with Gasteiger partial charge in [-0.15, -0.1) is 0 Å². The third kappa shape index (κ3) is 3.85. The molecule has 3 nitrogen and oxygen atoms in total. The second-order valence-corrected chi connectivity index (χ2v) is 5.03. The number of aryl methyl sites for hydroxylation is 3. The molecule has 0 heterocycles. The average Bonchev–Trinajstić information content (AvgIpc) is 2.48. The predicted octanol–water partition coefficient (Wildman–Crippen LogP) is 4.24. The lowest BCUT2D eigenvalue weighted by Gasteiger charge is -2.11. The van der Waals surface area contributed by atoms with E-state index < -0.39 is 0 Å². The highest BCUT2D eigenvalue weighted by Gasteiger charge is 2.05. The van der Waals surface area contributed by atoms with E-state index in [0.717, 1.165) is 41.1 Å². The molecule has 0 radical (unpaired) electrons. The molecule has 2 aromatic rings. The molecule has 0 saturated heterocycles. The zero-order valence-electron chi connectivity index (χ0n) is 12.7. The van der Waals surface area contributed by atoms with Gasteiger partial charge >= 0.3 is 0 Å². The van der Waals surface area contributed by atoms with Crippen molar-refractivity contribution in [3.05, 3.63) is 53.1 Å². The van der Waals surface area contributed by atoms with Crippen molar-refractivity contribution in [1.29, 1.82) is 0 Å². The topological polar surface area (TPSA) is 35.5 Å². The minimum atomic E-state index is 0.552. The SMILES string of the molecule is COc1cc(Oc2ccc(CCC=O)c(C)c2)ccc1C. The van der Waals surface area contributed by atoms with E-state index in [4.69, 9.17) is 9.47 Å². The van der Waals surface area contributed by atoms with Crippen LogP contribution in [-0.2, 0) is 11.2 Å². The van der Waals surface area contributed by atoms with Gasteiger partial charge in [-0.25, -0.2) is 0 Å². The highest BCUT2D eigenvalue weighted by Crippen LogP contribution is 2.29. The molecule has 2 aromatic carbocycles. The first kappa shape index (κ1) is 15.1. The monoisotopic (exact) mass is 284 g/mol. The molecule has 110 valence electrons. The zero-order chi connectivity index (χ0) is 15.2. The van der Waals surface area contributed by atoms with E-state index in [1.54, 1.807) is 7.11 Å². The smallest absolute Gasteiger partial charge is 0.131 e. The van der Waals surface area contributed by atoms with Gasteiger partial charge < -0.3 is 14.3 Å². The molecule has 0 fully saturated rings. The molecule has 0 amide bonds. The summed E-state index contributed by atoms with van der Waals surface area (Å²) >= 11 is 0. The Morgan fingerprint density at radius 2 is 1.71 bits per heavy atom. The van der Waals surface area contributed by atoms with Crippen LogP contribution in [0.15, 0.2) is 36.4 Å². The van der Waals surface area contributed by atoms with Crippen molar-refractivity contribution in [3.8, 4) is 17.2 Å². The Kier molecular flexibility index (Phi) is 4.99. The fourth-order valence-corrected chi connectivity index (χ4v) is 2.23. The normalized spacial score (nSPS) is 10.2. The fourth-order valence-electron chi connectivity index (χ4n) is 2.23. The summed E-state index contributed by atoms with van der Waals surface area (Å²) < 4.78 is 11.2. The van der Waals surface area contributed by atoms with E-state index in [1.807, 2.05) is 50.2 Å². The summed E-state index contributed by atoms with van der Waals surface area (Å²) in [5.74, 6) is 2.34. The van der Waals surface area contributed by atoms with Crippen LogP contribution in [0.25, 0.3) is 0 Å². The number of carbonyl (C=O) groups excluding carboxylic acids is 1. The lowest BCUT2D eigenvalue weighted by molar-refractivity contribution is -0.107. The zero-order valence-corrected chi connectivity index (χ0v) is 12.7. The van der Waals surface area contributed by atoms with Gasteiger partial charge in [-0.05, 0) is 55.2 Å². The quantitative estimate of drug-likeness (QED) is 0.744. The Morgan fingerprint density at radius 1 is 1.00 bits per heavy atom. The molecule has 21 heavy (non-hydrogen) atoms. The van der Waals surface area contributed by atoms with E-state index in [9.17, 15) is 4.79 Å². The fraction of sp³-hybridized carbons (Fsp3) is 0.278. The maximum absolute atomic E-state index is 10.4. The van der Waals surface area contributed by atoms with Crippen LogP contribution >= 0.6 is 0 Å². The molecule has 0 aliphatic rings. The third-order valence-corrected chi connectivity index (χ3v) is 3.46. The summed E-state index contributed by atoms with van der Waals surface area (Å²) in [7, 11) is 1.65. The van der Waals surface area contributed by atoms with Crippen molar-refractivity contribution in [2.45, 2.75) is 26.7 Å². The Balaban J connectivity index is 2.16. The van der Waals surface area contributed by atoms with Gasteiger partial charge in [-0.3, -0.25) is 0 Å². The van der Waals surface area contributed by atoms with Gasteiger partial charge in [0, 0.05) is 12.5 Å². The largest absolute Gasteiger partial charge is 0.496 e. The van der Waals surface area contributed by atoms with Crippen molar-refractivity contribution in [3.63, 3.8) is 0 Å². The lowest BCUT2D eigenvalue weighted by Crippen LogP contribution is -1.93. The van der Waals surface area contributed by atoms with E-state index >= 15 is 0 Å². The third-order valence-electron chi connectivity index (χ3n) is 3.46. The molecule has 0 aromatic heterocycles. The van der Waals surface area contributed by atoms with E-state index in [-0.39, 0.29) is 0 Å². The maximum Gasteiger partial charge on any atom is 0.131 e. The van der Waals surface area contributed by atoms with Gasteiger partial charge in [0.05, 0.1) is 7.11 Å². The Bertz CT molecular complexity index is 632. The van der Waals surface area contributed by atoms with E-state index in [1.165, 1.54) is 5.56 Å². The molecule has 0 aliphatic carbocycles. The number of hydrogen-bond acceptors (Lipinski definition) is 3. The van der Waals surface area contributed by atoms with Crippen molar-refractivity contribution in [1.82, 2.24) is 0 Å². The maximum atomic E-state index is 10.4. The summed E-state index contributed by atoms with van der Waals surface area (Å²) in [4.78, 5) is 10.4. The second kappa shape index (κ2) is 6.93. The van der Waals surface area contributed by atoms with Gasteiger partial charge in [-0.1, -0.05) is 12.1 Å². The van der Waals surface area contributed by atoms with Gasteiger partial charge in [-0.2, -0.15) is 0 Å². The van der Waals surface area contributed by atoms with Crippen LogP contribution in [0.1, 0.15) is 23.1 Å². The van der Waals surface area contributed by atoms with Crippen molar-refractivity contribution < 1.29 is 14.3 Å². The number of hydrogen-bond donors (Lipinski definition) is 0. The molecule has 2 rings (SSSR count). The van der Waals surface area contributed by atoms with Crippen molar-refractivity contribution >= 4 is 6.29 Å². The Labute approximate surface area is 125 Å². The number of rotatable bonds is 6. The molecular formula is C18H20O3. The van der Waals surface area contributed by atoms with Crippen LogP contribution in [0.5, 0.6) is 17.2 Å². The molecule has 0 saturated carbocycles. The van der Waals surface area contributed by atoms with Crippen LogP contribution in [-0.4, -0.2) is 13.4 Å². The van der Waals surface area contributed by atoms with Crippen molar-refractivity contribution in [2.75, 3.05) is 7.11 Å². The van der Waals surface area contributed by atoms with Gasteiger partial charge in [0.2, 0.25) is 0 Å². The van der Waals surface area contributed by atoms with E-state index in [2.05, 4.69) is 0 Å². The number of benzene rings is 2. The number of carbonyl (C=O) groups is 1.